The lowest BCUT2D eigenvalue weighted by atomic mass is 9.87. The maximum atomic E-state index is 12.5. The zero-order valence-electron chi connectivity index (χ0n) is 12.9. The average molecular weight is 281 g/mol. The van der Waals surface area contributed by atoms with Crippen LogP contribution in [0.2, 0.25) is 0 Å². The van der Waals surface area contributed by atoms with Crippen LogP contribution in [0.15, 0.2) is 42.5 Å². The molecule has 2 aromatic rings. The van der Waals surface area contributed by atoms with Crippen molar-refractivity contribution in [2.75, 3.05) is 0 Å². The molecule has 1 fully saturated rings. The van der Waals surface area contributed by atoms with E-state index < -0.39 is 0 Å². The summed E-state index contributed by atoms with van der Waals surface area (Å²) in [5.41, 5.74) is 1.01. The first-order chi connectivity index (χ1) is 10.1. The lowest BCUT2D eigenvalue weighted by molar-refractivity contribution is -0.130. The van der Waals surface area contributed by atoms with Gasteiger partial charge in [-0.15, -0.1) is 0 Å². The van der Waals surface area contributed by atoms with Gasteiger partial charge in [-0.1, -0.05) is 56.2 Å². The average Bonchev–Trinajstić information content (AvgIpc) is 2.95. The molecule has 1 atom stereocenters. The van der Waals surface area contributed by atoms with E-state index in [1.807, 2.05) is 6.07 Å². The van der Waals surface area contributed by atoms with Gasteiger partial charge in [0.1, 0.15) is 0 Å². The normalized spacial score (nSPS) is 18.6. The van der Waals surface area contributed by atoms with Crippen molar-refractivity contribution < 1.29 is 4.79 Å². The second kappa shape index (κ2) is 5.51. The second-order valence-corrected chi connectivity index (χ2v) is 6.57. The molecular weight excluding hydrogens is 258 g/mol. The number of benzene rings is 2. The van der Waals surface area contributed by atoms with Gasteiger partial charge in [-0.2, -0.15) is 0 Å². The molecule has 2 heteroatoms. The van der Waals surface area contributed by atoms with Crippen molar-refractivity contribution >= 4 is 16.7 Å². The van der Waals surface area contributed by atoms with Crippen LogP contribution in [-0.4, -0.2) is 5.91 Å². The van der Waals surface area contributed by atoms with Crippen LogP contribution < -0.4 is 5.32 Å². The molecule has 3 rings (SSSR count). The third kappa shape index (κ3) is 2.80. The molecule has 1 amide bonds. The Kier molecular flexibility index (Phi) is 3.71. The summed E-state index contributed by atoms with van der Waals surface area (Å²) >= 11 is 0. The standard InChI is InChI=1S/C19H23NO/c1-14(20-18(21)19(2)11-5-6-12-19)16-10-9-15-7-3-4-8-17(15)13-16/h3-4,7-10,13-14H,5-6,11-12H2,1-2H3,(H,20,21). The van der Waals surface area contributed by atoms with E-state index in [4.69, 9.17) is 0 Å². The Morgan fingerprint density at radius 1 is 1.10 bits per heavy atom. The highest BCUT2D eigenvalue weighted by Crippen LogP contribution is 2.38. The molecule has 0 aliphatic heterocycles. The maximum Gasteiger partial charge on any atom is 0.226 e. The van der Waals surface area contributed by atoms with Crippen molar-refractivity contribution in [1.82, 2.24) is 5.32 Å². The van der Waals surface area contributed by atoms with Crippen LogP contribution in [0, 0.1) is 5.41 Å². The fourth-order valence-corrected chi connectivity index (χ4v) is 3.31. The number of amides is 1. The molecular formula is C19H23NO. The Balaban J connectivity index is 1.77. The highest BCUT2D eigenvalue weighted by atomic mass is 16.2. The number of fused-ring (bicyclic) bond motifs is 1. The zero-order valence-corrected chi connectivity index (χ0v) is 12.9. The molecule has 2 nitrogen and oxygen atoms in total. The molecule has 0 radical (unpaired) electrons. The van der Waals surface area contributed by atoms with E-state index in [0.29, 0.717) is 0 Å². The minimum absolute atomic E-state index is 0.0551. The minimum Gasteiger partial charge on any atom is -0.349 e. The quantitative estimate of drug-likeness (QED) is 0.875. The summed E-state index contributed by atoms with van der Waals surface area (Å²) in [6.45, 7) is 4.17. The predicted molar refractivity (Wildman–Crippen MR) is 87.1 cm³/mol. The fraction of sp³-hybridized carbons (Fsp3) is 0.421. The number of carbonyl (C=O) groups is 1. The third-order valence-electron chi connectivity index (χ3n) is 4.88. The Morgan fingerprint density at radius 3 is 2.48 bits per heavy atom. The van der Waals surface area contributed by atoms with Gasteiger partial charge < -0.3 is 5.32 Å². The molecule has 2 aromatic carbocycles. The molecule has 0 heterocycles. The van der Waals surface area contributed by atoms with Gasteiger partial charge in [-0.3, -0.25) is 4.79 Å². The molecule has 1 saturated carbocycles. The van der Waals surface area contributed by atoms with Gasteiger partial charge in [0.15, 0.2) is 0 Å². The maximum absolute atomic E-state index is 12.5. The van der Waals surface area contributed by atoms with E-state index in [-0.39, 0.29) is 17.4 Å². The summed E-state index contributed by atoms with van der Waals surface area (Å²) in [6, 6.07) is 14.8. The molecule has 0 aromatic heterocycles. The predicted octanol–water partition coefficient (Wildman–Crippen LogP) is 4.60. The van der Waals surface area contributed by atoms with E-state index in [9.17, 15) is 4.79 Å². The lowest BCUT2D eigenvalue weighted by Gasteiger charge is -2.25. The van der Waals surface area contributed by atoms with E-state index in [2.05, 4.69) is 55.6 Å². The lowest BCUT2D eigenvalue weighted by Crippen LogP contribution is -2.38. The molecule has 1 unspecified atom stereocenters. The smallest absolute Gasteiger partial charge is 0.226 e. The number of nitrogens with one attached hydrogen (secondary N) is 1. The van der Waals surface area contributed by atoms with Crippen LogP contribution in [0.25, 0.3) is 10.8 Å². The highest BCUT2D eigenvalue weighted by Gasteiger charge is 2.36. The van der Waals surface area contributed by atoms with Gasteiger partial charge in [-0.05, 0) is 42.2 Å². The Labute approximate surface area is 126 Å². The van der Waals surface area contributed by atoms with Gasteiger partial charge in [-0.25, -0.2) is 0 Å². The summed E-state index contributed by atoms with van der Waals surface area (Å²) in [7, 11) is 0. The van der Waals surface area contributed by atoms with Crippen molar-refractivity contribution in [2.24, 2.45) is 5.41 Å². The molecule has 110 valence electrons. The number of hydrogen-bond donors (Lipinski definition) is 1. The summed E-state index contributed by atoms with van der Waals surface area (Å²) in [4.78, 5) is 12.5. The molecule has 1 aliphatic rings. The summed E-state index contributed by atoms with van der Waals surface area (Å²) < 4.78 is 0. The number of carbonyl (C=O) groups excluding carboxylic acids is 1. The van der Waals surface area contributed by atoms with E-state index >= 15 is 0 Å². The monoisotopic (exact) mass is 281 g/mol. The fourth-order valence-electron chi connectivity index (χ4n) is 3.31. The summed E-state index contributed by atoms with van der Waals surface area (Å²) in [5, 5.41) is 5.67. The molecule has 0 spiro atoms. The summed E-state index contributed by atoms with van der Waals surface area (Å²) in [5.74, 6) is 0.209. The van der Waals surface area contributed by atoms with Gasteiger partial charge in [0, 0.05) is 5.41 Å². The topological polar surface area (TPSA) is 29.1 Å². The van der Waals surface area contributed by atoms with Gasteiger partial charge in [0.2, 0.25) is 5.91 Å². The molecule has 0 saturated heterocycles. The van der Waals surface area contributed by atoms with Crippen molar-refractivity contribution in [3.05, 3.63) is 48.0 Å². The van der Waals surface area contributed by atoms with Crippen LogP contribution in [0.4, 0.5) is 0 Å². The van der Waals surface area contributed by atoms with Gasteiger partial charge >= 0.3 is 0 Å². The molecule has 21 heavy (non-hydrogen) atoms. The minimum atomic E-state index is -0.162. The van der Waals surface area contributed by atoms with Crippen molar-refractivity contribution in [2.45, 2.75) is 45.6 Å². The third-order valence-corrected chi connectivity index (χ3v) is 4.88. The molecule has 0 bridgehead atoms. The second-order valence-electron chi connectivity index (χ2n) is 6.57. The van der Waals surface area contributed by atoms with Crippen LogP contribution in [0.3, 0.4) is 0 Å². The molecule has 1 N–H and O–H groups in total. The SMILES string of the molecule is CC(NC(=O)C1(C)CCCC1)c1ccc2ccccc2c1. The number of hydrogen-bond acceptors (Lipinski definition) is 1. The van der Waals surface area contributed by atoms with Crippen molar-refractivity contribution in [3.8, 4) is 0 Å². The van der Waals surface area contributed by atoms with Crippen LogP contribution in [0.5, 0.6) is 0 Å². The Bertz CT molecular complexity index is 655. The van der Waals surface area contributed by atoms with Crippen LogP contribution in [-0.2, 0) is 4.79 Å². The van der Waals surface area contributed by atoms with Gasteiger partial charge in [0.25, 0.3) is 0 Å². The zero-order chi connectivity index (χ0) is 14.9. The summed E-state index contributed by atoms with van der Waals surface area (Å²) in [6.07, 6.45) is 4.38. The van der Waals surface area contributed by atoms with Crippen LogP contribution >= 0.6 is 0 Å². The Morgan fingerprint density at radius 2 is 1.76 bits per heavy atom. The van der Waals surface area contributed by atoms with Crippen molar-refractivity contribution in [1.29, 1.82) is 0 Å². The van der Waals surface area contributed by atoms with Crippen molar-refractivity contribution in [3.63, 3.8) is 0 Å². The first-order valence-corrected chi connectivity index (χ1v) is 7.88. The van der Waals surface area contributed by atoms with E-state index in [0.717, 1.165) is 12.8 Å². The van der Waals surface area contributed by atoms with Gasteiger partial charge in [0.05, 0.1) is 6.04 Å². The Hall–Kier alpha value is -1.83. The molecule has 1 aliphatic carbocycles. The van der Waals surface area contributed by atoms with E-state index in [1.165, 1.54) is 29.2 Å². The largest absolute Gasteiger partial charge is 0.349 e. The van der Waals surface area contributed by atoms with E-state index in [1.54, 1.807) is 0 Å². The van der Waals surface area contributed by atoms with Crippen LogP contribution in [0.1, 0.15) is 51.1 Å². The first-order valence-electron chi connectivity index (χ1n) is 7.88. The first kappa shape index (κ1) is 14.1. The number of rotatable bonds is 3. The highest BCUT2D eigenvalue weighted by molar-refractivity contribution is 5.84.